The third kappa shape index (κ3) is 4.37. The highest BCUT2D eigenvalue weighted by atomic mass is 16.3. The lowest BCUT2D eigenvalue weighted by Crippen LogP contribution is -2.67. The molecule has 5 nitrogen and oxygen atoms in total. The molecule has 5 saturated carbocycles. The molecule has 8 rings (SSSR count). The Labute approximate surface area is 290 Å². The molecule has 1 saturated heterocycles. The molecule has 2 heterocycles. The number of fused-ring (bicyclic) bond motifs is 7. The van der Waals surface area contributed by atoms with Gasteiger partial charge in [-0.15, -0.1) is 0 Å². The molecular formula is C43H63N3O2. The van der Waals surface area contributed by atoms with Gasteiger partial charge in [0.05, 0.1) is 29.5 Å². The molecule has 11 unspecified atom stereocenters. The topological polar surface area (TPSA) is 69.2 Å². The van der Waals surface area contributed by atoms with Crippen molar-refractivity contribution in [3.63, 3.8) is 0 Å². The zero-order valence-corrected chi connectivity index (χ0v) is 31.0. The molecule has 6 fully saturated rings. The fourth-order valence-electron chi connectivity index (χ4n) is 14.6. The highest BCUT2D eigenvalue weighted by molar-refractivity contribution is 5.84. The van der Waals surface area contributed by atoms with E-state index in [2.05, 4.69) is 88.7 Å². The van der Waals surface area contributed by atoms with E-state index in [1.54, 1.807) is 0 Å². The number of H-pyrrole nitrogens is 1. The minimum absolute atomic E-state index is 0.0173. The number of aliphatic hydroxyl groups is 1. The average Bonchev–Trinajstić information content (AvgIpc) is 3.82. The quantitative estimate of drug-likeness (QED) is 0.345. The molecule has 5 heteroatoms. The number of nitrogens with one attached hydrogen (secondary N) is 1. The van der Waals surface area contributed by atoms with Crippen molar-refractivity contribution >= 4 is 5.91 Å². The van der Waals surface area contributed by atoms with E-state index < -0.39 is 0 Å². The normalized spacial score (nSPS) is 44.9. The van der Waals surface area contributed by atoms with Gasteiger partial charge in [-0.25, -0.2) is 4.98 Å². The molecule has 1 aromatic carbocycles. The van der Waals surface area contributed by atoms with Gasteiger partial charge in [-0.2, -0.15) is 0 Å². The Morgan fingerprint density at radius 1 is 0.875 bits per heavy atom. The molecule has 0 bridgehead atoms. The molecular weight excluding hydrogens is 590 g/mol. The van der Waals surface area contributed by atoms with Crippen LogP contribution in [0, 0.1) is 62.6 Å². The molecule has 48 heavy (non-hydrogen) atoms. The van der Waals surface area contributed by atoms with Crippen LogP contribution in [0.15, 0.2) is 36.5 Å². The lowest BCUT2D eigenvalue weighted by molar-refractivity contribution is -0.249. The number of imidazole rings is 1. The third-order valence-corrected chi connectivity index (χ3v) is 17.3. The Balaban J connectivity index is 1.12. The van der Waals surface area contributed by atoms with Crippen molar-refractivity contribution in [2.24, 2.45) is 62.6 Å². The summed E-state index contributed by atoms with van der Waals surface area (Å²) in [6.45, 7) is 18.5. The average molecular weight is 654 g/mol. The number of likely N-dealkylation sites (tertiary alicyclic amines) is 1. The number of aromatic amines is 1. The van der Waals surface area contributed by atoms with E-state index in [0.717, 1.165) is 55.7 Å². The standard InChI is InChI=1S/C43H63N3O2/c1-27(2)29-17-22-43(38(48)46-25-11-14-32(46)37-44-26-31(45-37)28-12-9-8-10-13-28)24-23-41(6)30(36(29)43)15-16-34-40(5)20-19-35(47)39(3,4)33(40)18-21-42(34,41)7/h8-10,12-13,26-27,29-30,32-36,47H,11,14-25H2,1-7H3,(H,44,45). The van der Waals surface area contributed by atoms with Crippen molar-refractivity contribution in [3.8, 4) is 11.3 Å². The van der Waals surface area contributed by atoms with E-state index in [4.69, 9.17) is 4.98 Å². The number of amides is 1. The fourth-order valence-corrected chi connectivity index (χ4v) is 14.6. The third-order valence-electron chi connectivity index (χ3n) is 17.3. The molecule has 1 aromatic heterocycles. The van der Waals surface area contributed by atoms with Gasteiger partial charge in [-0.3, -0.25) is 4.79 Å². The van der Waals surface area contributed by atoms with E-state index in [1.807, 2.05) is 6.20 Å². The van der Waals surface area contributed by atoms with Gasteiger partial charge in [-0.05, 0) is 140 Å². The van der Waals surface area contributed by atoms with Crippen molar-refractivity contribution in [1.29, 1.82) is 0 Å². The number of rotatable bonds is 4. The van der Waals surface area contributed by atoms with E-state index in [0.29, 0.717) is 41.4 Å². The van der Waals surface area contributed by atoms with Crippen LogP contribution in [0.1, 0.15) is 137 Å². The summed E-state index contributed by atoms with van der Waals surface area (Å²) in [5.41, 5.74) is 2.73. The summed E-state index contributed by atoms with van der Waals surface area (Å²) in [6, 6.07) is 10.5. The smallest absolute Gasteiger partial charge is 0.229 e. The van der Waals surface area contributed by atoms with Crippen LogP contribution < -0.4 is 0 Å². The minimum atomic E-state index is -0.238. The highest BCUT2D eigenvalue weighted by Crippen LogP contribution is 2.77. The van der Waals surface area contributed by atoms with E-state index in [1.165, 1.54) is 44.9 Å². The first-order valence-electron chi connectivity index (χ1n) is 19.9. The van der Waals surface area contributed by atoms with Gasteiger partial charge in [0.25, 0.3) is 0 Å². The number of benzene rings is 1. The Morgan fingerprint density at radius 2 is 1.65 bits per heavy atom. The first-order valence-corrected chi connectivity index (χ1v) is 19.9. The molecule has 1 aliphatic heterocycles. The van der Waals surface area contributed by atoms with Gasteiger partial charge in [0.15, 0.2) is 0 Å². The maximum atomic E-state index is 15.4. The van der Waals surface area contributed by atoms with E-state index >= 15 is 4.79 Å². The van der Waals surface area contributed by atoms with Crippen molar-refractivity contribution in [2.75, 3.05) is 6.54 Å². The SMILES string of the molecule is CC(C)C1CCC2(C(=O)N3CCCC3c3ncc(-c4ccccc4)[nH]3)CCC3(C)C(CCC4C5(C)CCC(O)C(C)(C)C5CCC43C)C12. The summed E-state index contributed by atoms with van der Waals surface area (Å²) in [6.07, 6.45) is 15.5. The molecule has 262 valence electrons. The van der Waals surface area contributed by atoms with Crippen molar-refractivity contribution in [1.82, 2.24) is 14.9 Å². The number of carbonyl (C=O) groups excluding carboxylic acids is 1. The van der Waals surface area contributed by atoms with Gasteiger partial charge >= 0.3 is 0 Å². The molecule has 6 aliphatic rings. The summed E-state index contributed by atoms with van der Waals surface area (Å²) in [5.74, 6) is 4.98. The molecule has 2 N–H and O–H groups in total. The van der Waals surface area contributed by atoms with Crippen molar-refractivity contribution < 1.29 is 9.90 Å². The number of aliphatic hydroxyl groups excluding tert-OH is 1. The monoisotopic (exact) mass is 653 g/mol. The number of hydrogen-bond acceptors (Lipinski definition) is 3. The molecule has 1 amide bonds. The second kappa shape index (κ2) is 11.2. The van der Waals surface area contributed by atoms with Crippen LogP contribution >= 0.6 is 0 Å². The van der Waals surface area contributed by atoms with Gasteiger partial charge in [-0.1, -0.05) is 78.8 Å². The molecule has 0 radical (unpaired) electrons. The molecule has 0 spiro atoms. The highest BCUT2D eigenvalue weighted by Gasteiger charge is 2.72. The van der Waals surface area contributed by atoms with Crippen LogP contribution in [0.5, 0.6) is 0 Å². The lowest BCUT2D eigenvalue weighted by Gasteiger charge is -2.73. The summed E-state index contributed by atoms with van der Waals surface area (Å²) in [4.78, 5) is 26.2. The van der Waals surface area contributed by atoms with Crippen LogP contribution in [0.4, 0.5) is 0 Å². The lowest BCUT2D eigenvalue weighted by atomic mass is 9.32. The Morgan fingerprint density at radius 3 is 2.40 bits per heavy atom. The number of hydrogen-bond donors (Lipinski definition) is 2. The van der Waals surface area contributed by atoms with Crippen LogP contribution in [0.2, 0.25) is 0 Å². The van der Waals surface area contributed by atoms with Gasteiger partial charge in [0, 0.05) is 6.54 Å². The predicted octanol–water partition coefficient (Wildman–Crippen LogP) is 9.84. The predicted molar refractivity (Wildman–Crippen MR) is 193 cm³/mol. The minimum Gasteiger partial charge on any atom is -0.393 e. The number of carbonyl (C=O) groups is 1. The van der Waals surface area contributed by atoms with Crippen molar-refractivity contribution in [2.45, 2.75) is 138 Å². The molecule has 11 atom stereocenters. The van der Waals surface area contributed by atoms with Gasteiger partial charge < -0.3 is 15.0 Å². The molecule has 5 aliphatic carbocycles. The number of aromatic nitrogens is 2. The second-order valence-electron chi connectivity index (χ2n) is 19.4. The summed E-state index contributed by atoms with van der Waals surface area (Å²) >= 11 is 0. The zero-order valence-electron chi connectivity index (χ0n) is 31.0. The van der Waals surface area contributed by atoms with Crippen LogP contribution in [-0.2, 0) is 4.79 Å². The van der Waals surface area contributed by atoms with Gasteiger partial charge in [0.2, 0.25) is 5.91 Å². The Bertz CT molecular complexity index is 1530. The summed E-state index contributed by atoms with van der Waals surface area (Å²) < 4.78 is 0. The largest absolute Gasteiger partial charge is 0.393 e. The summed E-state index contributed by atoms with van der Waals surface area (Å²) in [5, 5.41) is 11.1. The van der Waals surface area contributed by atoms with Crippen LogP contribution in [0.25, 0.3) is 11.3 Å². The number of nitrogens with zero attached hydrogens (tertiary/aromatic N) is 2. The fraction of sp³-hybridized carbons (Fsp3) is 0.767. The van der Waals surface area contributed by atoms with E-state index in [9.17, 15) is 5.11 Å². The van der Waals surface area contributed by atoms with E-state index in [-0.39, 0.29) is 39.2 Å². The van der Waals surface area contributed by atoms with Crippen LogP contribution in [0.3, 0.4) is 0 Å². The maximum absolute atomic E-state index is 15.4. The Kier molecular flexibility index (Phi) is 7.69. The maximum Gasteiger partial charge on any atom is 0.229 e. The first kappa shape index (κ1) is 33.0. The van der Waals surface area contributed by atoms with Crippen LogP contribution in [-0.4, -0.2) is 38.5 Å². The molecule has 2 aromatic rings. The zero-order chi connectivity index (χ0) is 33.9. The first-order chi connectivity index (χ1) is 22.8. The summed E-state index contributed by atoms with van der Waals surface area (Å²) in [7, 11) is 0. The van der Waals surface area contributed by atoms with Crippen molar-refractivity contribution in [3.05, 3.63) is 42.4 Å². The second-order valence-corrected chi connectivity index (χ2v) is 19.4. The Hall–Kier alpha value is -2.14. The van der Waals surface area contributed by atoms with Gasteiger partial charge in [0.1, 0.15) is 5.82 Å².